The number of rotatable bonds is 7. The highest BCUT2D eigenvalue weighted by Crippen LogP contribution is 2.21. The van der Waals surface area contributed by atoms with Crippen LogP contribution in [-0.2, 0) is 10.4 Å². The third kappa shape index (κ3) is 6.41. The van der Waals surface area contributed by atoms with Crippen molar-refractivity contribution in [2.75, 3.05) is 25.0 Å². The van der Waals surface area contributed by atoms with E-state index in [2.05, 4.69) is 20.9 Å². The Bertz CT molecular complexity index is 785. The van der Waals surface area contributed by atoms with Crippen molar-refractivity contribution in [2.24, 2.45) is 4.99 Å². The Hall–Kier alpha value is -2.87. The van der Waals surface area contributed by atoms with Gasteiger partial charge in [-0.15, -0.1) is 0 Å². The average Bonchev–Trinajstić information content (AvgIpc) is 3.07. The summed E-state index contributed by atoms with van der Waals surface area (Å²) in [5, 5.41) is 19.2. The van der Waals surface area contributed by atoms with Crippen LogP contribution in [0.2, 0.25) is 0 Å². The molecule has 0 radical (unpaired) electrons. The number of benzene rings is 1. The SMILES string of the molecule is CCNC(=NCC(=O)Nc1ccc(F)cc1)NCC(C)(O)c1ccc(C)o1. The molecule has 1 aromatic heterocycles. The number of hydrogen-bond acceptors (Lipinski definition) is 4. The number of carbonyl (C=O) groups is 1. The fourth-order valence-electron chi connectivity index (χ4n) is 2.29. The van der Waals surface area contributed by atoms with Crippen LogP contribution in [0.4, 0.5) is 10.1 Å². The van der Waals surface area contributed by atoms with Crippen molar-refractivity contribution in [3.63, 3.8) is 0 Å². The maximum Gasteiger partial charge on any atom is 0.246 e. The zero-order valence-corrected chi connectivity index (χ0v) is 15.7. The van der Waals surface area contributed by atoms with Gasteiger partial charge in [0, 0.05) is 12.2 Å². The molecule has 1 heterocycles. The van der Waals surface area contributed by atoms with E-state index < -0.39 is 5.60 Å². The Labute approximate surface area is 157 Å². The van der Waals surface area contributed by atoms with Gasteiger partial charge in [0.05, 0.1) is 6.54 Å². The van der Waals surface area contributed by atoms with Crippen LogP contribution in [0.1, 0.15) is 25.4 Å². The minimum absolute atomic E-state index is 0.130. The smallest absolute Gasteiger partial charge is 0.246 e. The van der Waals surface area contributed by atoms with Crippen LogP contribution in [0, 0.1) is 12.7 Å². The van der Waals surface area contributed by atoms with Crippen LogP contribution in [0.15, 0.2) is 45.8 Å². The molecule has 0 bridgehead atoms. The highest BCUT2D eigenvalue weighted by atomic mass is 19.1. The molecule has 0 aliphatic carbocycles. The van der Waals surface area contributed by atoms with E-state index in [1.807, 2.05) is 6.92 Å². The van der Waals surface area contributed by atoms with Gasteiger partial charge in [-0.3, -0.25) is 4.79 Å². The Kier molecular flexibility index (Phi) is 6.95. The summed E-state index contributed by atoms with van der Waals surface area (Å²) in [7, 11) is 0. The number of amides is 1. The summed E-state index contributed by atoms with van der Waals surface area (Å²) in [5.74, 6) is 0.826. The van der Waals surface area contributed by atoms with Crippen molar-refractivity contribution in [2.45, 2.75) is 26.4 Å². The fraction of sp³-hybridized carbons (Fsp3) is 0.368. The number of furan rings is 1. The summed E-state index contributed by atoms with van der Waals surface area (Å²) >= 11 is 0. The first-order valence-electron chi connectivity index (χ1n) is 8.67. The molecule has 2 aromatic rings. The first-order valence-corrected chi connectivity index (χ1v) is 8.67. The molecule has 8 heteroatoms. The second-order valence-electron chi connectivity index (χ2n) is 6.29. The third-order valence-corrected chi connectivity index (χ3v) is 3.72. The zero-order chi connectivity index (χ0) is 19.9. The average molecular weight is 376 g/mol. The molecule has 1 aromatic carbocycles. The summed E-state index contributed by atoms with van der Waals surface area (Å²) in [5.41, 5.74) is -0.744. The van der Waals surface area contributed by atoms with E-state index in [4.69, 9.17) is 4.42 Å². The van der Waals surface area contributed by atoms with Crippen molar-refractivity contribution in [1.82, 2.24) is 10.6 Å². The largest absolute Gasteiger partial charge is 0.463 e. The summed E-state index contributed by atoms with van der Waals surface area (Å²) in [6, 6.07) is 8.98. The maximum absolute atomic E-state index is 12.9. The molecule has 4 N–H and O–H groups in total. The monoisotopic (exact) mass is 376 g/mol. The van der Waals surface area contributed by atoms with E-state index in [-0.39, 0.29) is 24.8 Å². The Morgan fingerprint density at radius 3 is 2.52 bits per heavy atom. The zero-order valence-electron chi connectivity index (χ0n) is 15.7. The molecule has 7 nitrogen and oxygen atoms in total. The first kappa shape index (κ1) is 20.4. The van der Waals surface area contributed by atoms with Gasteiger partial charge in [0.15, 0.2) is 5.96 Å². The maximum atomic E-state index is 12.9. The number of nitrogens with zero attached hydrogens (tertiary/aromatic N) is 1. The van der Waals surface area contributed by atoms with Gasteiger partial charge in [-0.1, -0.05) is 0 Å². The second kappa shape index (κ2) is 9.18. The molecule has 1 unspecified atom stereocenters. The number of aryl methyl sites for hydroxylation is 1. The number of guanidine groups is 1. The number of hydrogen-bond donors (Lipinski definition) is 4. The van der Waals surface area contributed by atoms with Crippen LogP contribution >= 0.6 is 0 Å². The van der Waals surface area contributed by atoms with Crippen LogP contribution in [-0.4, -0.2) is 36.6 Å². The molecular weight excluding hydrogens is 351 g/mol. The van der Waals surface area contributed by atoms with E-state index in [0.717, 1.165) is 0 Å². The van der Waals surface area contributed by atoms with Gasteiger partial charge in [-0.05, 0) is 57.2 Å². The van der Waals surface area contributed by atoms with Gasteiger partial charge in [0.1, 0.15) is 29.5 Å². The van der Waals surface area contributed by atoms with E-state index in [9.17, 15) is 14.3 Å². The fourth-order valence-corrected chi connectivity index (χ4v) is 2.29. The number of carbonyl (C=O) groups excluding carboxylic acids is 1. The van der Waals surface area contributed by atoms with Gasteiger partial charge in [0.2, 0.25) is 5.91 Å². The molecule has 27 heavy (non-hydrogen) atoms. The molecule has 2 rings (SSSR count). The summed E-state index contributed by atoms with van der Waals surface area (Å²) in [6.07, 6.45) is 0. The highest BCUT2D eigenvalue weighted by molar-refractivity contribution is 5.94. The minimum Gasteiger partial charge on any atom is -0.463 e. The van der Waals surface area contributed by atoms with E-state index >= 15 is 0 Å². The first-order chi connectivity index (χ1) is 12.8. The Morgan fingerprint density at radius 1 is 1.22 bits per heavy atom. The number of nitrogens with one attached hydrogen (secondary N) is 3. The second-order valence-corrected chi connectivity index (χ2v) is 6.29. The van der Waals surface area contributed by atoms with Gasteiger partial charge in [-0.25, -0.2) is 9.38 Å². The number of halogens is 1. The molecule has 0 spiro atoms. The van der Waals surface area contributed by atoms with Crippen molar-refractivity contribution in [3.05, 3.63) is 53.7 Å². The predicted molar refractivity (Wildman–Crippen MR) is 102 cm³/mol. The molecule has 1 atom stereocenters. The minimum atomic E-state index is -1.24. The van der Waals surface area contributed by atoms with Crippen LogP contribution < -0.4 is 16.0 Å². The number of anilines is 1. The number of aliphatic hydroxyl groups is 1. The predicted octanol–water partition coefficient (Wildman–Crippen LogP) is 2.13. The van der Waals surface area contributed by atoms with Crippen molar-refractivity contribution in [3.8, 4) is 0 Å². The lowest BCUT2D eigenvalue weighted by atomic mass is 10.0. The molecule has 146 valence electrons. The van der Waals surface area contributed by atoms with Crippen LogP contribution in [0.25, 0.3) is 0 Å². The third-order valence-electron chi connectivity index (χ3n) is 3.72. The standard InChI is InChI=1S/C19H25FN4O3/c1-4-21-18(23-12-19(3,26)16-10-5-13(2)27-16)22-11-17(25)24-15-8-6-14(20)7-9-15/h5-10,26H,4,11-12H2,1-3H3,(H,24,25)(H2,21,22,23). The van der Waals surface area contributed by atoms with E-state index in [0.29, 0.717) is 29.7 Å². The molecule has 1 amide bonds. The Balaban J connectivity index is 1.92. The lowest BCUT2D eigenvalue weighted by molar-refractivity contribution is -0.114. The lowest BCUT2D eigenvalue weighted by Crippen LogP contribution is -2.44. The van der Waals surface area contributed by atoms with Gasteiger partial charge in [0.25, 0.3) is 0 Å². The van der Waals surface area contributed by atoms with E-state index in [1.165, 1.54) is 24.3 Å². The molecule has 0 aliphatic heterocycles. The van der Waals surface area contributed by atoms with Gasteiger partial charge >= 0.3 is 0 Å². The highest BCUT2D eigenvalue weighted by Gasteiger charge is 2.27. The normalized spacial score (nSPS) is 13.7. The van der Waals surface area contributed by atoms with Gasteiger partial charge < -0.3 is 25.5 Å². The van der Waals surface area contributed by atoms with E-state index in [1.54, 1.807) is 26.0 Å². The van der Waals surface area contributed by atoms with Crippen molar-refractivity contribution < 1.29 is 18.7 Å². The van der Waals surface area contributed by atoms with Crippen molar-refractivity contribution in [1.29, 1.82) is 0 Å². The van der Waals surface area contributed by atoms with Gasteiger partial charge in [-0.2, -0.15) is 0 Å². The summed E-state index contributed by atoms with van der Waals surface area (Å²) in [4.78, 5) is 16.2. The lowest BCUT2D eigenvalue weighted by Gasteiger charge is -2.22. The van der Waals surface area contributed by atoms with Crippen LogP contribution in [0.3, 0.4) is 0 Å². The quantitative estimate of drug-likeness (QED) is 0.438. The number of aliphatic imine (C=N–C) groups is 1. The topological polar surface area (TPSA) is 98.9 Å². The molecule has 0 saturated carbocycles. The van der Waals surface area contributed by atoms with Crippen LogP contribution in [0.5, 0.6) is 0 Å². The Morgan fingerprint density at radius 2 is 1.93 bits per heavy atom. The molecule has 0 saturated heterocycles. The molecule has 0 fully saturated rings. The summed E-state index contributed by atoms with van der Waals surface area (Å²) < 4.78 is 18.4. The molecule has 0 aliphatic rings. The van der Waals surface area contributed by atoms with Crippen molar-refractivity contribution >= 4 is 17.6 Å². The molecular formula is C19H25FN4O3. The summed E-state index contributed by atoms with van der Waals surface area (Å²) in [6.45, 7) is 5.93.